The monoisotopic (exact) mass is 359 g/mol. The Morgan fingerprint density at radius 2 is 1.72 bits per heavy atom. The average molecular weight is 359 g/mol. The Morgan fingerprint density at radius 3 is 2.28 bits per heavy atom. The Morgan fingerprint density at radius 1 is 1.08 bits per heavy atom. The summed E-state index contributed by atoms with van der Waals surface area (Å²) in [7, 11) is -3.65. The third-order valence-electron chi connectivity index (χ3n) is 4.83. The maximum Gasteiger partial charge on any atom is 0.240 e. The molecule has 1 saturated carbocycles. The zero-order valence-electron chi connectivity index (χ0n) is 14.5. The Hall–Kier alpha value is -1.69. The number of hydrogen-bond acceptors (Lipinski definition) is 3. The van der Waals surface area contributed by atoms with Gasteiger partial charge in [-0.2, -0.15) is 0 Å². The summed E-state index contributed by atoms with van der Waals surface area (Å²) in [5, 5.41) is 11.1. The SMILES string of the molecule is CCCc1ccc(S(=O)(=O)NCC(O)(c2ccccc2)C2CC2)cc1. The van der Waals surface area contributed by atoms with Crippen LogP contribution >= 0.6 is 0 Å². The van der Waals surface area contributed by atoms with Crippen molar-refractivity contribution in [2.75, 3.05) is 6.54 Å². The molecule has 25 heavy (non-hydrogen) atoms. The van der Waals surface area contributed by atoms with Crippen LogP contribution in [-0.4, -0.2) is 20.1 Å². The van der Waals surface area contributed by atoms with Crippen LogP contribution in [0.1, 0.15) is 37.3 Å². The molecular weight excluding hydrogens is 334 g/mol. The summed E-state index contributed by atoms with van der Waals surface area (Å²) >= 11 is 0. The first kappa shape index (κ1) is 18.1. The fourth-order valence-corrected chi connectivity index (χ4v) is 4.25. The molecule has 0 radical (unpaired) electrons. The van der Waals surface area contributed by atoms with Crippen LogP contribution in [0.25, 0.3) is 0 Å². The van der Waals surface area contributed by atoms with E-state index in [1.165, 1.54) is 0 Å². The Bertz CT molecular complexity index is 799. The van der Waals surface area contributed by atoms with E-state index < -0.39 is 15.6 Å². The molecule has 2 aromatic rings. The number of aliphatic hydroxyl groups is 1. The van der Waals surface area contributed by atoms with E-state index in [0.29, 0.717) is 0 Å². The highest BCUT2D eigenvalue weighted by atomic mass is 32.2. The fourth-order valence-electron chi connectivity index (χ4n) is 3.18. The minimum absolute atomic E-state index is 0.0132. The quantitative estimate of drug-likeness (QED) is 0.760. The molecule has 4 nitrogen and oxygen atoms in total. The van der Waals surface area contributed by atoms with Gasteiger partial charge in [-0.05, 0) is 48.4 Å². The van der Waals surface area contributed by atoms with Crippen LogP contribution in [0.4, 0.5) is 0 Å². The Balaban J connectivity index is 1.76. The van der Waals surface area contributed by atoms with Crippen LogP contribution < -0.4 is 4.72 Å². The van der Waals surface area contributed by atoms with Crippen molar-refractivity contribution in [3.8, 4) is 0 Å². The third-order valence-corrected chi connectivity index (χ3v) is 6.25. The molecular formula is C20H25NO3S. The normalized spacial score (nSPS) is 17.2. The molecule has 0 saturated heterocycles. The summed E-state index contributed by atoms with van der Waals surface area (Å²) in [5.74, 6) is 0.101. The lowest BCUT2D eigenvalue weighted by atomic mass is 9.89. The molecule has 0 spiro atoms. The zero-order valence-corrected chi connectivity index (χ0v) is 15.3. The molecule has 0 amide bonds. The van der Waals surface area contributed by atoms with Crippen molar-refractivity contribution in [3.05, 3.63) is 65.7 Å². The van der Waals surface area contributed by atoms with Gasteiger partial charge in [0.05, 0.1) is 4.90 Å². The van der Waals surface area contributed by atoms with Gasteiger partial charge in [-0.25, -0.2) is 13.1 Å². The number of aryl methyl sites for hydroxylation is 1. The second-order valence-corrected chi connectivity index (χ2v) is 8.55. The zero-order chi connectivity index (χ0) is 17.9. The standard InChI is InChI=1S/C20H25NO3S/c1-2-6-16-9-13-19(14-10-16)25(23,24)21-15-20(22,18-11-12-18)17-7-4-3-5-8-17/h3-5,7-10,13-14,18,21-22H,2,6,11-12,15H2,1H3. The van der Waals surface area contributed by atoms with Gasteiger partial charge in [-0.15, -0.1) is 0 Å². The lowest BCUT2D eigenvalue weighted by Gasteiger charge is -2.29. The third kappa shape index (κ3) is 4.11. The van der Waals surface area contributed by atoms with E-state index in [-0.39, 0.29) is 17.4 Å². The minimum atomic E-state index is -3.65. The predicted molar refractivity (Wildman–Crippen MR) is 98.7 cm³/mol. The molecule has 1 atom stereocenters. The van der Waals surface area contributed by atoms with Crippen molar-refractivity contribution >= 4 is 10.0 Å². The lowest BCUT2D eigenvalue weighted by Crippen LogP contribution is -2.42. The van der Waals surface area contributed by atoms with Crippen molar-refractivity contribution < 1.29 is 13.5 Å². The molecule has 0 aliphatic heterocycles. The van der Waals surface area contributed by atoms with Crippen molar-refractivity contribution in [1.82, 2.24) is 4.72 Å². The van der Waals surface area contributed by atoms with Crippen LogP contribution in [0.15, 0.2) is 59.5 Å². The van der Waals surface area contributed by atoms with Crippen LogP contribution in [-0.2, 0) is 22.0 Å². The maximum absolute atomic E-state index is 12.6. The highest BCUT2D eigenvalue weighted by Gasteiger charge is 2.45. The minimum Gasteiger partial charge on any atom is -0.383 e. The van der Waals surface area contributed by atoms with Gasteiger partial charge in [-0.3, -0.25) is 0 Å². The molecule has 1 aliphatic carbocycles. The number of rotatable bonds is 8. The van der Waals surface area contributed by atoms with Gasteiger partial charge in [-0.1, -0.05) is 55.8 Å². The van der Waals surface area contributed by atoms with Crippen LogP contribution in [0, 0.1) is 5.92 Å². The van der Waals surface area contributed by atoms with Gasteiger partial charge in [0.1, 0.15) is 5.60 Å². The molecule has 2 aromatic carbocycles. The highest BCUT2D eigenvalue weighted by molar-refractivity contribution is 7.89. The molecule has 3 rings (SSSR count). The first-order valence-electron chi connectivity index (χ1n) is 8.82. The van der Waals surface area contributed by atoms with E-state index >= 15 is 0 Å². The van der Waals surface area contributed by atoms with Gasteiger partial charge in [0.25, 0.3) is 0 Å². The molecule has 1 aliphatic rings. The molecule has 0 bridgehead atoms. The lowest BCUT2D eigenvalue weighted by molar-refractivity contribution is 0.0185. The second kappa shape index (κ2) is 7.28. The largest absolute Gasteiger partial charge is 0.383 e. The van der Waals surface area contributed by atoms with E-state index in [1.54, 1.807) is 12.1 Å². The van der Waals surface area contributed by atoms with Gasteiger partial charge in [0, 0.05) is 6.54 Å². The number of nitrogens with one attached hydrogen (secondary N) is 1. The van der Waals surface area contributed by atoms with Crippen molar-refractivity contribution in [1.29, 1.82) is 0 Å². The molecule has 1 unspecified atom stereocenters. The topological polar surface area (TPSA) is 66.4 Å². The summed E-state index contributed by atoms with van der Waals surface area (Å²) in [6, 6.07) is 16.3. The van der Waals surface area contributed by atoms with Gasteiger partial charge in [0.2, 0.25) is 10.0 Å². The summed E-state index contributed by atoms with van der Waals surface area (Å²) in [6.07, 6.45) is 3.79. The molecule has 0 heterocycles. The van der Waals surface area contributed by atoms with Gasteiger partial charge >= 0.3 is 0 Å². The highest BCUT2D eigenvalue weighted by Crippen LogP contribution is 2.45. The number of hydrogen-bond donors (Lipinski definition) is 2. The summed E-state index contributed by atoms with van der Waals surface area (Å²) in [5.41, 5.74) is 0.731. The summed E-state index contributed by atoms with van der Waals surface area (Å²) < 4.78 is 27.8. The van der Waals surface area contributed by atoms with Crippen molar-refractivity contribution in [3.63, 3.8) is 0 Å². The van der Waals surface area contributed by atoms with E-state index in [9.17, 15) is 13.5 Å². The first-order chi connectivity index (χ1) is 12.0. The molecule has 0 aromatic heterocycles. The van der Waals surface area contributed by atoms with Crippen molar-refractivity contribution in [2.45, 2.75) is 43.1 Å². The summed E-state index contributed by atoms with van der Waals surface area (Å²) in [6.45, 7) is 2.08. The summed E-state index contributed by atoms with van der Waals surface area (Å²) in [4.78, 5) is 0.235. The first-order valence-corrected chi connectivity index (χ1v) is 10.3. The van der Waals surface area contributed by atoms with Crippen LogP contribution in [0.5, 0.6) is 0 Å². The maximum atomic E-state index is 12.6. The predicted octanol–water partition coefficient (Wildman–Crippen LogP) is 3.22. The average Bonchev–Trinajstić information content (AvgIpc) is 3.47. The van der Waals surface area contributed by atoms with Gasteiger partial charge < -0.3 is 5.11 Å². The molecule has 134 valence electrons. The van der Waals surface area contributed by atoms with E-state index in [2.05, 4.69) is 11.6 Å². The Labute approximate surface area is 150 Å². The van der Waals surface area contributed by atoms with Crippen molar-refractivity contribution in [2.24, 2.45) is 5.92 Å². The van der Waals surface area contributed by atoms with Crippen LogP contribution in [0.2, 0.25) is 0 Å². The Kier molecular flexibility index (Phi) is 5.27. The second-order valence-electron chi connectivity index (χ2n) is 6.78. The van der Waals surface area contributed by atoms with E-state index in [4.69, 9.17) is 0 Å². The van der Waals surface area contributed by atoms with E-state index in [1.807, 2.05) is 42.5 Å². The van der Waals surface area contributed by atoms with Crippen LogP contribution in [0.3, 0.4) is 0 Å². The van der Waals surface area contributed by atoms with E-state index in [0.717, 1.165) is 36.8 Å². The number of sulfonamides is 1. The smallest absolute Gasteiger partial charge is 0.240 e. The fraction of sp³-hybridized carbons (Fsp3) is 0.400. The molecule has 5 heteroatoms. The molecule has 2 N–H and O–H groups in total. The van der Waals surface area contributed by atoms with Gasteiger partial charge in [0.15, 0.2) is 0 Å². The number of benzene rings is 2. The molecule has 1 fully saturated rings.